The number of carbonyl (C=O) groups excluding carboxylic acids is 6. The minimum absolute atomic E-state index is 0.0506. The Labute approximate surface area is 230 Å². The molecule has 1 saturated carbocycles. The highest BCUT2D eigenvalue weighted by Crippen LogP contribution is 2.65. The number of rotatable bonds is 9. The number of carbonyl (C=O) groups is 6. The molecule has 5 N–H and O–H groups in total. The number of piperidine rings is 1. The second-order valence-corrected chi connectivity index (χ2v) is 14.3. The lowest BCUT2D eigenvalue weighted by molar-refractivity contribution is -0.146. The minimum Gasteiger partial charge on any atom is -0.363 e. The summed E-state index contributed by atoms with van der Waals surface area (Å²) in [5.74, 6) is -4.19. The van der Waals surface area contributed by atoms with Crippen LogP contribution in [0, 0.1) is 34.0 Å². The number of nitrogens with zero attached hydrogens (tertiary/aromatic N) is 1. The van der Waals surface area contributed by atoms with Crippen LogP contribution in [0.25, 0.3) is 0 Å². The van der Waals surface area contributed by atoms with E-state index >= 15 is 0 Å². The van der Waals surface area contributed by atoms with Gasteiger partial charge in [-0.25, -0.2) is 0 Å². The maximum atomic E-state index is 14.0. The van der Waals surface area contributed by atoms with E-state index in [9.17, 15) is 28.8 Å². The van der Waals surface area contributed by atoms with Crippen molar-refractivity contribution in [3.8, 4) is 0 Å². The first-order valence-electron chi connectivity index (χ1n) is 13.8. The topological polar surface area (TPSA) is 168 Å². The molecule has 5 amide bonds. The highest BCUT2D eigenvalue weighted by Gasteiger charge is 2.70. The largest absolute Gasteiger partial charge is 0.363 e. The first-order chi connectivity index (χ1) is 17.8. The third-order valence-electron chi connectivity index (χ3n) is 8.43. The highest BCUT2D eigenvalue weighted by atomic mass is 16.2. The van der Waals surface area contributed by atoms with Crippen LogP contribution in [0.2, 0.25) is 0 Å². The van der Waals surface area contributed by atoms with Crippen LogP contribution in [0.3, 0.4) is 0 Å². The Kier molecular flexibility index (Phi) is 8.26. The number of hydrogen-bond donors (Lipinski definition) is 4. The molecule has 1 aliphatic carbocycles. The van der Waals surface area contributed by atoms with Gasteiger partial charge in [0.2, 0.25) is 29.4 Å². The molecule has 0 spiro atoms. The van der Waals surface area contributed by atoms with Gasteiger partial charge < -0.3 is 26.6 Å². The Morgan fingerprint density at radius 3 is 2.18 bits per heavy atom. The van der Waals surface area contributed by atoms with E-state index in [1.165, 1.54) is 4.90 Å². The quantitative estimate of drug-likeness (QED) is 0.307. The van der Waals surface area contributed by atoms with Crippen molar-refractivity contribution in [3.63, 3.8) is 0 Å². The van der Waals surface area contributed by atoms with E-state index in [1.54, 1.807) is 0 Å². The van der Waals surface area contributed by atoms with Crippen molar-refractivity contribution < 1.29 is 28.8 Å². The van der Waals surface area contributed by atoms with Crippen molar-refractivity contribution in [1.82, 2.24) is 20.9 Å². The molecule has 11 heteroatoms. The van der Waals surface area contributed by atoms with Gasteiger partial charge in [-0.15, -0.1) is 0 Å². The minimum atomic E-state index is -1.27. The summed E-state index contributed by atoms with van der Waals surface area (Å²) in [5.41, 5.74) is 4.17. The van der Waals surface area contributed by atoms with Gasteiger partial charge in [-0.1, -0.05) is 55.4 Å². The number of fused-ring (bicyclic) bond motifs is 1. The summed E-state index contributed by atoms with van der Waals surface area (Å²) in [4.78, 5) is 78.6. The van der Waals surface area contributed by atoms with E-state index < -0.39 is 47.1 Å². The first kappa shape index (κ1) is 30.6. The van der Waals surface area contributed by atoms with Gasteiger partial charge in [-0.2, -0.15) is 0 Å². The molecule has 0 aromatic heterocycles. The van der Waals surface area contributed by atoms with E-state index in [4.69, 9.17) is 5.73 Å². The first-order valence-corrected chi connectivity index (χ1v) is 13.8. The Morgan fingerprint density at radius 1 is 1.08 bits per heavy atom. The molecule has 3 rings (SSSR count). The summed E-state index contributed by atoms with van der Waals surface area (Å²) in [6.07, 6.45) is 0.663. The van der Waals surface area contributed by atoms with Crippen molar-refractivity contribution in [2.45, 2.75) is 92.8 Å². The van der Waals surface area contributed by atoms with Gasteiger partial charge in [0, 0.05) is 25.4 Å². The molecule has 218 valence electrons. The molecular formula is C28H45N5O6. The molecule has 0 aromatic rings. The summed E-state index contributed by atoms with van der Waals surface area (Å²) >= 11 is 0. The summed E-state index contributed by atoms with van der Waals surface area (Å²) in [6, 6.07) is -3.03. The zero-order valence-electron chi connectivity index (χ0n) is 24.5. The van der Waals surface area contributed by atoms with Gasteiger partial charge in [0.15, 0.2) is 0 Å². The fourth-order valence-corrected chi connectivity index (χ4v) is 6.14. The van der Waals surface area contributed by atoms with Crippen LogP contribution in [0.15, 0.2) is 0 Å². The van der Waals surface area contributed by atoms with Crippen molar-refractivity contribution in [2.75, 3.05) is 13.1 Å². The Morgan fingerprint density at radius 2 is 1.69 bits per heavy atom. The predicted octanol–water partition coefficient (Wildman–Crippen LogP) is 0.502. The number of ketones is 1. The lowest BCUT2D eigenvalue weighted by Gasteiger charge is -2.38. The maximum Gasteiger partial charge on any atom is 0.287 e. The van der Waals surface area contributed by atoms with Gasteiger partial charge in [0.1, 0.15) is 12.1 Å². The van der Waals surface area contributed by atoms with E-state index in [-0.39, 0.29) is 53.2 Å². The average molecular weight is 548 g/mol. The lowest BCUT2D eigenvalue weighted by Crippen LogP contribution is -2.60. The second-order valence-electron chi connectivity index (χ2n) is 14.3. The number of likely N-dealkylation sites (tertiary alicyclic amines) is 1. The molecule has 0 bridgehead atoms. The van der Waals surface area contributed by atoms with E-state index in [2.05, 4.69) is 16.0 Å². The monoisotopic (exact) mass is 547 g/mol. The molecule has 0 radical (unpaired) electrons. The molecular weight excluding hydrogens is 502 g/mol. The molecule has 3 aliphatic rings. The third kappa shape index (κ3) is 6.61. The molecule has 2 saturated heterocycles. The summed E-state index contributed by atoms with van der Waals surface area (Å²) in [5, 5.41) is 8.26. The van der Waals surface area contributed by atoms with E-state index in [0.717, 1.165) is 0 Å². The zero-order chi connectivity index (χ0) is 29.7. The summed E-state index contributed by atoms with van der Waals surface area (Å²) in [6.45, 7) is 16.3. The molecule has 2 aliphatic heterocycles. The molecule has 2 unspecified atom stereocenters. The van der Waals surface area contributed by atoms with Gasteiger partial charge in [0.05, 0.1) is 6.04 Å². The Balaban J connectivity index is 1.86. The molecule has 6 atom stereocenters. The second kappa shape index (κ2) is 10.5. The van der Waals surface area contributed by atoms with Crippen LogP contribution in [0.4, 0.5) is 0 Å². The predicted molar refractivity (Wildman–Crippen MR) is 144 cm³/mol. The number of Topliss-reactive ketones (excluding diaryl/α,β-unsaturated/α-hetero) is 1. The van der Waals surface area contributed by atoms with Crippen LogP contribution < -0.4 is 21.7 Å². The molecule has 2 heterocycles. The maximum absolute atomic E-state index is 14.0. The fraction of sp³-hybridized carbons (Fsp3) is 0.786. The number of nitrogens with two attached hydrogens (primary N) is 1. The molecule has 0 aromatic carbocycles. The van der Waals surface area contributed by atoms with Gasteiger partial charge in [0.25, 0.3) is 5.91 Å². The SMILES string of the molecule is CC(C)(C)CC(=O)NC(C(=O)N1C[C@H]2[C@@H]([C@H]1C(=O)NC(C[C@@H]1CCNC1=O)C(=O)C(N)=O)C2(C)C)C(C)(C)C. The summed E-state index contributed by atoms with van der Waals surface area (Å²) in [7, 11) is 0. The summed E-state index contributed by atoms with van der Waals surface area (Å²) < 4.78 is 0. The van der Waals surface area contributed by atoms with Crippen LogP contribution in [-0.2, 0) is 28.8 Å². The highest BCUT2D eigenvalue weighted by molar-refractivity contribution is 6.38. The average Bonchev–Trinajstić information content (AvgIpc) is 3.14. The molecule has 39 heavy (non-hydrogen) atoms. The van der Waals surface area contributed by atoms with Gasteiger partial charge in [-0.3, -0.25) is 28.8 Å². The van der Waals surface area contributed by atoms with Crippen LogP contribution >= 0.6 is 0 Å². The van der Waals surface area contributed by atoms with Crippen molar-refractivity contribution in [3.05, 3.63) is 0 Å². The van der Waals surface area contributed by atoms with E-state index in [1.807, 2.05) is 55.4 Å². The van der Waals surface area contributed by atoms with Gasteiger partial charge >= 0.3 is 0 Å². The van der Waals surface area contributed by atoms with E-state index in [0.29, 0.717) is 19.5 Å². The van der Waals surface area contributed by atoms with Crippen LogP contribution in [0.5, 0.6) is 0 Å². The van der Waals surface area contributed by atoms with Crippen molar-refractivity contribution >= 4 is 35.3 Å². The van der Waals surface area contributed by atoms with Crippen LogP contribution in [0.1, 0.15) is 74.7 Å². The number of hydrogen-bond acceptors (Lipinski definition) is 6. The number of amides is 5. The molecule has 11 nitrogen and oxygen atoms in total. The number of nitrogens with one attached hydrogen (secondary N) is 3. The van der Waals surface area contributed by atoms with Gasteiger partial charge in [-0.05, 0) is 40.9 Å². The smallest absolute Gasteiger partial charge is 0.287 e. The standard InChI is InChI=1S/C28H45N5O6/c1-26(2,3)12-17(34)32-21(27(4,5)6)25(39)33-13-15-18(28(15,7)8)19(33)24(38)31-16(20(35)22(29)36)11-14-9-10-30-23(14)37/h14-16,18-19,21H,9-13H2,1-8H3,(H2,29,36)(H,30,37)(H,31,38)(H,32,34)/t14-,15-,16?,18-,19-,21?/m0/s1. The lowest BCUT2D eigenvalue weighted by atomic mass is 9.84. The van der Waals surface area contributed by atoms with Crippen molar-refractivity contribution in [2.24, 2.45) is 39.7 Å². The third-order valence-corrected chi connectivity index (χ3v) is 8.43. The zero-order valence-corrected chi connectivity index (χ0v) is 24.5. The number of primary amides is 1. The Bertz CT molecular complexity index is 1060. The fourth-order valence-electron chi connectivity index (χ4n) is 6.14. The van der Waals surface area contributed by atoms with Crippen LogP contribution in [-0.4, -0.2) is 71.4 Å². The molecule has 3 fully saturated rings. The Hall–Kier alpha value is -2.98. The van der Waals surface area contributed by atoms with Crippen molar-refractivity contribution in [1.29, 1.82) is 0 Å². The normalized spacial score (nSPS) is 27.2.